The number of nitrogens with zero attached hydrogens (tertiary/aromatic N) is 2. The summed E-state index contributed by atoms with van der Waals surface area (Å²) in [5.74, 6) is 2.91. The number of carbonyl (C=O) groups is 1. The summed E-state index contributed by atoms with van der Waals surface area (Å²) in [5.41, 5.74) is 1.68. The van der Waals surface area contributed by atoms with Gasteiger partial charge in [-0.3, -0.25) is 9.89 Å². The van der Waals surface area contributed by atoms with E-state index in [9.17, 15) is 4.79 Å². The topological polar surface area (TPSA) is 98.4 Å². The first-order valence-corrected chi connectivity index (χ1v) is 9.85. The zero-order valence-electron chi connectivity index (χ0n) is 18.0. The third-order valence-corrected chi connectivity index (χ3v) is 4.29. The summed E-state index contributed by atoms with van der Waals surface area (Å²) < 4.78 is 16.2. The number of amides is 1. The van der Waals surface area contributed by atoms with E-state index in [0.29, 0.717) is 23.1 Å². The van der Waals surface area contributed by atoms with E-state index in [1.54, 1.807) is 20.3 Å². The lowest BCUT2D eigenvalue weighted by Gasteiger charge is -2.13. The molecular weight excluding hydrogens is 396 g/mol. The van der Waals surface area contributed by atoms with Crippen molar-refractivity contribution in [3.8, 4) is 28.6 Å². The van der Waals surface area contributed by atoms with Crippen LogP contribution in [0.3, 0.4) is 0 Å². The Morgan fingerprint density at radius 2 is 1.87 bits per heavy atom. The van der Waals surface area contributed by atoms with Gasteiger partial charge in [-0.15, -0.1) is 0 Å². The Balaban J connectivity index is 1.56. The molecule has 0 bridgehead atoms. The first kappa shape index (κ1) is 21.9. The number of methoxy groups -OCH3 is 2. The molecule has 0 unspecified atom stereocenters. The number of ether oxygens (including phenoxy) is 3. The van der Waals surface area contributed by atoms with E-state index in [0.717, 1.165) is 16.9 Å². The predicted molar refractivity (Wildman–Crippen MR) is 118 cm³/mol. The van der Waals surface area contributed by atoms with Gasteiger partial charge in [0.05, 0.1) is 26.9 Å². The van der Waals surface area contributed by atoms with Gasteiger partial charge in [-0.25, -0.2) is 4.98 Å². The molecule has 0 saturated carbocycles. The van der Waals surface area contributed by atoms with Crippen molar-refractivity contribution in [3.63, 3.8) is 0 Å². The number of carbonyl (C=O) groups excluding carboxylic acids is 1. The molecule has 162 valence electrons. The molecule has 2 aromatic carbocycles. The van der Waals surface area contributed by atoms with Gasteiger partial charge < -0.3 is 19.5 Å². The Bertz CT molecular complexity index is 1040. The number of benzene rings is 2. The average Bonchev–Trinajstić information content (AvgIpc) is 3.25. The number of aromatic amines is 1. The Morgan fingerprint density at radius 3 is 2.55 bits per heavy atom. The smallest absolute Gasteiger partial charge is 0.244 e. The molecule has 0 saturated heterocycles. The average molecular weight is 422 g/mol. The third-order valence-electron chi connectivity index (χ3n) is 4.29. The van der Waals surface area contributed by atoms with Crippen LogP contribution in [-0.2, 0) is 11.3 Å². The predicted octanol–water partition coefficient (Wildman–Crippen LogP) is 3.61. The zero-order valence-corrected chi connectivity index (χ0v) is 18.0. The van der Waals surface area contributed by atoms with Crippen molar-refractivity contribution in [1.29, 1.82) is 0 Å². The van der Waals surface area contributed by atoms with E-state index in [1.807, 2.05) is 56.3 Å². The maximum Gasteiger partial charge on any atom is 0.244 e. The lowest BCUT2D eigenvalue weighted by molar-refractivity contribution is -0.116. The molecule has 0 radical (unpaired) electrons. The number of rotatable bonds is 9. The summed E-state index contributed by atoms with van der Waals surface area (Å²) in [6.45, 7) is 4.13. The van der Waals surface area contributed by atoms with Gasteiger partial charge in [0.2, 0.25) is 5.91 Å². The van der Waals surface area contributed by atoms with Crippen LogP contribution in [-0.4, -0.2) is 41.4 Å². The van der Waals surface area contributed by atoms with Crippen LogP contribution in [0.2, 0.25) is 0 Å². The van der Waals surface area contributed by atoms with Crippen LogP contribution >= 0.6 is 0 Å². The van der Waals surface area contributed by atoms with Gasteiger partial charge in [0, 0.05) is 11.6 Å². The highest BCUT2D eigenvalue weighted by atomic mass is 16.5. The molecule has 1 amide bonds. The molecule has 0 fully saturated rings. The van der Waals surface area contributed by atoms with Crippen molar-refractivity contribution < 1.29 is 19.0 Å². The molecule has 8 heteroatoms. The molecule has 0 aliphatic heterocycles. The maximum atomic E-state index is 12.2. The summed E-state index contributed by atoms with van der Waals surface area (Å²) in [7, 11) is 3.20. The summed E-state index contributed by atoms with van der Waals surface area (Å²) in [4.78, 5) is 16.6. The summed E-state index contributed by atoms with van der Waals surface area (Å²) in [6, 6.07) is 12.9. The second-order valence-corrected chi connectivity index (χ2v) is 6.96. The fourth-order valence-electron chi connectivity index (χ4n) is 2.78. The van der Waals surface area contributed by atoms with Crippen LogP contribution in [0.15, 0.2) is 48.5 Å². The fourth-order valence-corrected chi connectivity index (χ4v) is 2.78. The van der Waals surface area contributed by atoms with Gasteiger partial charge in [0.25, 0.3) is 0 Å². The molecule has 1 aromatic heterocycles. The molecule has 2 N–H and O–H groups in total. The van der Waals surface area contributed by atoms with E-state index in [-0.39, 0.29) is 18.6 Å². The zero-order chi connectivity index (χ0) is 22.2. The molecule has 0 spiro atoms. The Labute approximate surface area is 181 Å². The second kappa shape index (κ2) is 10.3. The first-order valence-electron chi connectivity index (χ1n) is 9.85. The van der Waals surface area contributed by atoms with Gasteiger partial charge in [-0.1, -0.05) is 6.07 Å². The summed E-state index contributed by atoms with van der Waals surface area (Å²) in [5, 5.41) is 9.81. The summed E-state index contributed by atoms with van der Waals surface area (Å²) in [6.07, 6.45) is 3.21. The minimum atomic E-state index is -0.246. The highest BCUT2D eigenvalue weighted by Gasteiger charge is 2.08. The van der Waals surface area contributed by atoms with Crippen LogP contribution in [0.5, 0.6) is 17.2 Å². The van der Waals surface area contributed by atoms with Gasteiger partial charge in [-0.2, -0.15) is 5.10 Å². The van der Waals surface area contributed by atoms with Crippen LogP contribution in [0, 0.1) is 0 Å². The number of aromatic nitrogens is 3. The Morgan fingerprint density at radius 1 is 1.10 bits per heavy atom. The highest BCUT2D eigenvalue weighted by Crippen LogP contribution is 2.29. The van der Waals surface area contributed by atoms with E-state index in [1.165, 1.54) is 6.08 Å². The third kappa shape index (κ3) is 6.08. The summed E-state index contributed by atoms with van der Waals surface area (Å²) >= 11 is 0. The van der Waals surface area contributed by atoms with Crippen LogP contribution < -0.4 is 19.5 Å². The standard InChI is InChI=1S/C23H26N4O4/c1-15(2)31-19-11-5-16(13-20(19)30-4)6-12-22(28)24-14-21-25-23(27-26-21)17-7-9-18(29-3)10-8-17/h5-13,15H,14H2,1-4H3,(H,24,28)(H,25,26,27)/b12-6+. The molecule has 3 aromatic rings. The second-order valence-electron chi connectivity index (χ2n) is 6.96. The van der Waals surface area contributed by atoms with E-state index in [4.69, 9.17) is 14.2 Å². The van der Waals surface area contributed by atoms with Crippen molar-refractivity contribution in [2.75, 3.05) is 14.2 Å². The number of hydrogen-bond acceptors (Lipinski definition) is 6. The molecular formula is C23H26N4O4. The number of hydrogen-bond donors (Lipinski definition) is 2. The first-order chi connectivity index (χ1) is 15.0. The van der Waals surface area contributed by atoms with E-state index >= 15 is 0 Å². The lowest BCUT2D eigenvalue weighted by atomic mass is 10.2. The highest BCUT2D eigenvalue weighted by molar-refractivity contribution is 5.91. The lowest BCUT2D eigenvalue weighted by Crippen LogP contribution is -2.20. The molecule has 1 heterocycles. The van der Waals surface area contributed by atoms with Crippen LogP contribution in [0.4, 0.5) is 0 Å². The number of H-pyrrole nitrogens is 1. The van der Waals surface area contributed by atoms with Crippen molar-refractivity contribution in [1.82, 2.24) is 20.5 Å². The minimum Gasteiger partial charge on any atom is -0.497 e. The molecule has 31 heavy (non-hydrogen) atoms. The molecule has 0 aliphatic carbocycles. The SMILES string of the molecule is COc1ccc(-c2n[nH]c(CNC(=O)/C=C/c3ccc(OC(C)C)c(OC)c3)n2)cc1. The van der Waals surface area contributed by atoms with Crippen LogP contribution in [0.25, 0.3) is 17.5 Å². The van der Waals surface area contributed by atoms with Crippen molar-refractivity contribution in [2.45, 2.75) is 26.5 Å². The van der Waals surface area contributed by atoms with Gasteiger partial charge in [0.1, 0.15) is 11.6 Å². The normalized spacial score (nSPS) is 11.0. The van der Waals surface area contributed by atoms with Crippen LogP contribution in [0.1, 0.15) is 25.2 Å². The minimum absolute atomic E-state index is 0.0439. The molecule has 3 rings (SSSR count). The van der Waals surface area contributed by atoms with Gasteiger partial charge in [-0.05, 0) is 61.9 Å². The van der Waals surface area contributed by atoms with Crippen molar-refractivity contribution in [3.05, 3.63) is 59.9 Å². The largest absolute Gasteiger partial charge is 0.497 e. The van der Waals surface area contributed by atoms with Crippen molar-refractivity contribution >= 4 is 12.0 Å². The monoisotopic (exact) mass is 422 g/mol. The van der Waals surface area contributed by atoms with E-state index < -0.39 is 0 Å². The van der Waals surface area contributed by atoms with Crippen molar-refractivity contribution in [2.24, 2.45) is 0 Å². The maximum absolute atomic E-state index is 12.2. The Hall–Kier alpha value is -3.81. The number of nitrogens with one attached hydrogen (secondary N) is 2. The molecule has 0 atom stereocenters. The molecule has 8 nitrogen and oxygen atoms in total. The fraction of sp³-hybridized carbons (Fsp3) is 0.261. The van der Waals surface area contributed by atoms with E-state index in [2.05, 4.69) is 20.5 Å². The Kier molecular flexibility index (Phi) is 7.26. The molecule has 0 aliphatic rings. The quantitative estimate of drug-likeness (QED) is 0.511. The van der Waals surface area contributed by atoms with Gasteiger partial charge >= 0.3 is 0 Å². The van der Waals surface area contributed by atoms with Gasteiger partial charge in [0.15, 0.2) is 17.3 Å².